The van der Waals surface area contributed by atoms with Crippen molar-refractivity contribution < 1.29 is 37.0 Å². The molecule has 13 nitrogen and oxygen atoms in total. The van der Waals surface area contributed by atoms with Crippen molar-refractivity contribution in [3.8, 4) is 17.0 Å². The molecule has 2 heterocycles. The summed E-state index contributed by atoms with van der Waals surface area (Å²) in [7, 11) is -5.13. The number of carboxylic acids is 1. The van der Waals surface area contributed by atoms with Crippen LogP contribution in [0.2, 0.25) is 25.7 Å². The van der Waals surface area contributed by atoms with Gasteiger partial charge in [-0.2, -0.15) is 5.10 Å². The molecule has 0 fully saturated rings. The van der Waals surface area contributed by atoms with Gasteiger partial charge < -0.3 is 25.6 Å². The number of primary amides is 1. The number of aromatic nitrogens is 3. The van der Waals surface area contributed by atoms with Gasteiger partial charge in [-0.05, 0) is 61.9 Å². The molecule has 1 unspecified atom stereocenters. The Hall–Kier alpha value is -4.80. The number of hydrogen-bond donors (Lipinski definition) is 4. The van der Waals surface area contributed by atoms with Crippen LogP contribution in [0.15, 0.2) is 60.8 Å². The van der Waals surface area contributed by atoms with Gasteiger partial charge in [0.15, 0.2) is 0 Å². The van der Waals surface area contributed by atoms with E-state index in [1.807, 2.05) is 0 Å². The van der Waals surface area contributed by atoms with Crippen LogP contribution >= 0.6 is 0 Å². The van der Waals surface area contributed by atoms with Gasteiger partial charge in [0.1, 0.15) is 47.3 Å². The maximum atomic E-state index is 13.6. The number of carbonyl (C=O) groups excluding carboxylic acids is 1. The molecular formula is C32H39FN6O7SSi. The number of amides is 1. The summed E-state index contributed by atoms with van der Waals surface area (Å²) in [6.07, 6.45) is 0.540. The fourth-order valence-electron chi connectivity index (χ4n) is 4.45. The minimum atomic E-state index is -3.71. The number of carbonyl (C=O) groups is 2. The van der Waals surface area contributed by atoms with Crippen molar-refractivity contribution in [1.29, 1.82) is 0 Å². The Labute approximate surface area is 279 Å². The van der Waals surface area contributed by atoms with E-state index in [-0.39, 0.29) is 52.4 Å². The van der Waals surface area contributed by atoms with Gasteiger partial charge in [0.2, 0.25) is 10.0 Å². The Morgan fingerprint density at radius 2 is 1.81 bits per heavy atom. The number of hydrogen-bond acceptors (Lipinski definition) is 9. The van der Waals surface area contributed by atoms with E-state index < -0.39 is 41.9 Å². The highest BCUT2D eigenvalue weighted by Gasteiger charge is 2.26. The van der Waals surface area contributed by atoms with Crippen molar-refractivity contribution in [2.75, 3.05) is 22.4 Å². The second-order valence-corrected chi connectivity index (χ2v) is 19.8. The monoisotopic (exact) mass is 698 g/mol. The number of anilines is 3. The number of benzene rings is 2. The molecule has 0 radical (unpaired) electrons. The van der Waals surface area contributed by atoms with Crippen LogP contribution in [-0.2, 0) is 21.5 Å². The minimum Gasteiger partial charge on any atom is -0.484 e. The molecular weight excluding hydrogens is 660 g/mol. The van der Waals surface area contributed by atoms with E-state index >= 15 is 0 Å². The highest BCUT2D eigenvalue weighted by Crippen LogP contribution is 2.37. The van der Waals surface area contributed by atoms with Gasteiger partial charge in [-0.1, -0.05) is 37.8 Å². The van der Waals surface area contributed by atoms with Crippen LogP contribution in [0.5, 0.6) is 5.75 Å². The van der Waals surface area contributed by atoms with Crippen molar-refractivity contribution >= 4 is 47.3 Å². The van der Waals surface area contributed by atoms with Crippen LogP contribution in [0.3, 0.4) is 0 Å². The minimum absolute atomic E-state index is 0.0210. The average molecular weight is 699 g/mol. The van der Waals surface area contributed by atoms with Crippen LogP contribution in [0, 0.1) is 5.82 Å². The van der Waals surface area contributed by atoms with Gasteiger partial charge in [-0.25, -0.2) is 27.3 Å². The van der Waals surface area contributed by atoms with E-state index in [0.717, 1.165) is 6.04 Å². The molecule has 0 aliphatic rings. The second kappa shape index (κ2) is 15.0. The van der Waals surface area contributed by atoms with Crippen molar-refractivity contribution in [2.24, 2.45) is 5.73 Å². The Kier molecular flexibility index (Phi) is 11.2. The second-order valence-electron chi connectivity index (χ2n) is 12.2. The molecule has 256 valence electrons. The van der Waals surface area contributed by atoms with E-state index in [2.05, 4.69) is 39.8 Å². The highest BCUT2D eigenvalue weighted by molar-refractivity contribution is 7.92. The molecule has 0 spiro atoms. The first-order chi connectivity index (χ1) is 22.6. The molecule has 2 aromatic heterocycles. The molecule has 48 heavy (non-hydrogen) atoms. The third kappa shape index (κ3) is 9.39. The zero-order valence-corrected chi connectivity index (χ0v) is 29.1. The van der Waals surface area contributed by atoms with Gasteiger partial charge in [-0.15, -0.1) is 0 Å². The topological polar surface area (TPSA) is 188 Å². The van der Waals surface area contributed by atoms with E-state index in [0.29, 0.717) is 17.7 Å². The molecule has 0 aliphatic carbocycles. The quantitative estimate of drug-likeness (QED) is 0.0818. The smallest absolute Gasteiger partial charge is 0.337 e. The number of nitrogens with two attached hydrogens (primary N) is 1. The van der Waals surface area contributed by atoms with Gasteiger partial charge in [0.25, 0.3) is 5.91 Å². The van der Waals surface area contributed by atoms with Crippen LogP contribution in [-0.4, -0.2) is 60.6 Å². The summed E-state index contributed by atoms with van der Waals surface area (Å²) in [5.74, 6) is -2.09. The molecule has 1 atom stereocenters. The number of pyridine rings is 1. The summed E-state index contributed by atoms with van der Waals surface area (Å²) in [4.78, 5) is 28.5. The van der Waals surface area contributed by atoms with Crippen LogP contribution in [0.4, 0.5) is 21.7 Å². The van der Waals surface area contributed by atoms with Crippen molar-refractivity contribution in [2.45, 2.75) is 52.4 Å². The number of rotatable bonds is 16. The number of halogens is 1. The van der Waals surface area contributed by atoms with Crippen LogP contribution in [0.1, 0.15) is 46.2 Å². The zero-order valence-electron chi connectivity index (χ0n) is 27.3. The Morgan fingerprint density at radius 1 is 1.10 bits per heavy atom. The first-order valence-corrected chi connectivity index (χ1v) is 20.4. The SMILES string of the molecule is CCS(=O)(=O)Nc1ccc(-c2nn(COCC[Si](C)(C)C)c(Nc3ccc(C(=O)O)cn3)c2C(N)=O)cc1OC(C)c1ccc(F)cc1. The maximum Gasteiger partial charge on any atom is 0.337 e. The summed E-state index contributed by atoms with van der Waals surface area (Å²) < 4.78 is 54.7. The van der Waals surface area contributed by atoms with E-state index in [1.54, 1.807) is 25.1 Å². The summed E-state index contributed by atoms with van der Waals surface area (Å²) in [6, 6.07) is 14.0. The van der Waals surface area contributed by atoms with Crippen molar-refractivity contribution in [1.82, 2.24) is 14.8 Å². The van der Waals surface area contributed by atoms with Gasteiger partial charge in [-0.3, -0.25) is 9.52 Å². The standard InChI is InChI=1S/C32H39FN6O7SSi/c1-6-47(43,44)38-25-13-9-22(17-26(25)46-20(2)21-7-11-24(33)12-8-21)29-28(30(34)40)31(36-27-14-10-23(18-35-27)32(41)42)39(37-29)19-45-15-16-48(3,4)5/h7-14,17-18,20,38H,6,15-16,19H2,1-5H3,(H2,34,40)(H,35,36)(H,41,42). The molecule has 4 rings (SSSR count). The lowest BCUT2D eigenvalue weighted by Crippen LogP contribution is -2.22. The number of sulfonamides is 1. The Balaban J connectivity index is 1.81. The molecule has 0 bridgehead atoms. The highest BCUT2D eigenvalue weighted by atomic mass is 32.2. The first kappa shape index (κ1) is 36.0. The molecule has 1 amide bonds. The third-order valence-electron chi connectivity index (χ3n) is 7.21. The fourth-order valence-corrected chi connectivity index (χ4v) is 5.85. The lowest BCUT2D eigenvalue weighted by atomic mass is 10.1. The molecule has 0 aliphatic heterocycles. The van der Waals surface area contributed by atoms with E-state index in [1.165, 1.54) is 54.2 Å². The predicted molar refractivity (Wildman–Crippen MR) is 183 cm³/mol. The molecule has 0 saturated carbocycles. The van der Waals surface area contributed by atoms with E-state index in [9.17, 15) is 27.5 Å². The number of nitrogens with one attached hydrogen (secondary N) is 2. The van der Waals surface area contributed by atoms with E-state index in [4.69, 9.17) is 15.2 Å². The fraction of sp³-hybridized carbons (Fsp3) is 0.312. The number of aromatic carboxylic acids is 1. The Morgan fingerprint density at radius 3 is 2.40 bits per heavy atom. The van der Waals surface area contributed by atoms with Gasteiger partial charge in [0, 0.05) is 26.4 Å². The maximum absolute atomic E-state index is 13.6. The summed E-state index contributed by atoms with van der Waals surface area (Å²) in [5.41, 5.74) is 7.15. The summed E-state index contributed by atoms with van der Waals surface area (Å²) >= 11 is 0. The summed E-state index contributed by atoms with van der Waals surface area (Å²) in [6.45, 7) is 10.3. The normalized spacial score (nSPS) is 12.4. The van der Waals surface area contributed by atoms with Gasteiger partial charge in [0.05, 0.1) is 17.0 Å². The van der Waals surface area contributed by atoms with Gasteiger partial charge >= 0.3 is 5.97 Å². The predicted octanol–water partition coefficient (Wildman–Crippen LogP) is 5.84. The van der Waals surface area contributed by atoms with Crippen molar-refractivity contribution in [3.05, 3.63) is 83.3 Å². The zero-order chi connectivity index (χ0) is 35.2. The number of nitrogens with zero attached hydrogens (tertiary/aromatic N) is 3. The molecule has 16 heteroatoms. The third-order valence-corrected chi connectivity index (χ3v) is 10.2. The summed E-state index contributed by atoms with van der Waals surface area (Å²) in [5, 5.41) is 17.0. The van der Waals surface area contributed by atoms with Crippen molar-refractivity contribution in [3.63, 3.8) is 0 Å². The van der Waals surface area contributed by atoms with Crippen LogP contribution < -0.4 is 20.5 Å². The first-order valence-electron chi connectivity index (χ1n) is 15.1. The largest absolute Gasteiger partial charge is 0.484 e. The molecule has 2 aromatic carbocycles. The number of carboxylic acid groups (broad SMARTS) is 1. The Bertz CT molecular complexity index is 1880. The average Bonchev–Trinajstić information content (AvgIpc) is 3.38. The molecule has 0 saturated heterocycles. The lowest BCUT2D eigenvalue weighted by molar-refractivity contribution is 0.0696. The lowest BCUT2D eigenvalue weighted by Gasteiger charge is -2.19. The molecule has 4 aromatic rings. The van der Waals surface area contributed by atoms with Crippen LogP contribution in [0.25, 0.3) is 11.3 Å². The number of ether oxygens (including phenoxy) is 2. The molecule has 5 N–H and O–H groups in total.